The van der Waals surface area contributed by atoms with E-state index in [0.29, 0.717) is 34.2 Å². The number of nitrogens with one attached hydrogen (secondary N) is 2. The van der Waals surface area contributed by atoms with Crippen molar-refractivity contribution in [1.29, 1.82) is 0 Å². The monoisotopic (exact) mass is 418 g/mol. The van der Waals surface area contributed by atoms with Crippen molar-refractivity contribution >= 4 is 28.9 Å². The molecule has 1 atom stereocenters. The first-order valence-corrected chi connectivity index (χ1v) is 9.33. The number of fused-ring (bicyclic) bond motifs is 1. The Labute approximate surface area is 171 Å². The van der Waals surface area contributed by atoms with Gasteiger partial charge in [0.1, 0.15) is 17.4 Å². The lowest BCUT2D eigenvalue weighted by molar-refractivity contribution is -0.0269. The van der Waals surface area contributed by atoms with Crippen molar-refractivity contribution < 1.29 is 14.0 Å². The molecule has 0 fully saturated rings. The SMILES string of the molecule is COc1c(Cl)cc(F)cc1C(C)Nc1ccn2ncc(C3=NC(C)(C)ON3)c2n1. The molecule has 1 unspecified atom stereocenters. The van der Waals surface area contributed by atoms with E-state index >= 15 is 0 Å². The highest BCUT2D eigenvalue weighted by atomic mass is 35.5. The summed E-state index contributed by atoms with van der Waals surface area (Å²) in [6, 6.07) is 4.07. The lowest BCUT2D eigenvalue weighted by Gasteiger charge is -2.19. The summed E-state index contributed by atoms with van der Waals surface area (Å²) in [7, 11) is 1.50. The molecule has 8 nitrogen and oxygen atoms in total. The molecule has 10 heteroatoms. The number of hydrogen-bond acceptors (Lipinski definition) is 7. The van der Waals surface area contributed by atoms with E-state index in [0.717, 1.165) is 0 Å². The minimum absolute atomic E-state index is 0.213. The number of hydroxylamine groups is 1. The van der Waals surface area contributed by atoms with Crippen molar-refractivity contribution in [2.75, 3.05) is 12.4 Å². The number of benzene rings is 1. The minimum atomic E-state index is -0.666. The van der Waals surface area contributed by atoms with Crippen LogP contribution in [0.4, 0.5) is 10.2 Å². The quantitative estimate of drug-likeness (QED) is 0.656. The topological polar surface area (TPSA) is 85.1 Å². The zero-order chi connectivity index (χ0) is 20.8. The largest absolute Gasteiger partial charge is 0.495 e. The predicted molar refractivity (Wildman–Crippen MR) is 108 cm³/mol. The Balaban J connectivity index is 1.67. The lowest BCUT2D eigenvalue weighted by Crippen LogP contribution is -2.23. The van der Waals surface area contributed by atoms with Crippen molar-refractivity contribution in [1.82, 2.24) is 20.1 Å². The molecule has 0 aliphatic carbocycles. The summed E-state index contributed by atoms with van der Waals surface area (Å²) in [5, 5.41) is 7.77. The van der Waals surface area contributed by atoms with Crippen molar-refractivity contribution in [3.05, 3.63) is 52.6 Å². The average Bonchev–Trinajstić information content (AvgIpc) is 3.23. The van der Waals surface area contributed by atoms with E-state index in [9.17, 15) is 4.39 Å². The summed E-state index contributed by atoms with van der Waals surface area (Å²) < 4.78 is 20.9. The van der Waals surface area contributed by atoms with E-state index in [4.69, 9.17) is 21.2 Å². The van der Waals surface area contributed by atoms with E-state index in [2.05, 4.69) is 25.9 Å². The van der Waals surface area contributed by atoms with E-state index in [-0.39, 0.29) is 11.1 Å². The minimum Gasteiger partial charge on any atom is -0.495 e. The zero-order valence-corrected chi connectivity index (χ0v) is 17.1. The van der Waals surface area contributed by atoms with Crippen LogP contribution in [0.5, 0.6) is 5.75 Å². The van der Waals surface area contributed by atoms with Gasteiger partial charge in [-0.15, -0.1) is 0 Å². The maximum atomic E-state index is 13.9. The number of methoxy groups -OCH3 is 1. The molecule has 0 spiro atoms. The third-order valence-corrected chi connectivity index (χ3v) is 4.76. The Hall–Kier alpha value is -2.91. The van der Waals surface area contributed by atoms with Gasteiger partial charge in [-0.2, -0.15) is 5.10 Å². The van der Waals surface area contributed by atoms with Gasteiger partial charge in [0, 0.05) is 11.8 Å². The van der Waals surface area contributed by atoms with Crippen LogP contribution in [0, 0.1) is 5.82 Å². The fraction of sp³-hybridized carbons (Fsp3) is 0.316. The number of hydrogen-bond donors (Lipinski definition) is 2. The molecule has 2 aromatic heterocycles. The summed E-state index contributed by atoms with van der Waals surface area (Å²) >= 11 is 6.11. The molecule has 29 heavy (non-hydrogen) atoms. The first-order chi connectivity index (χ1) is 13.8. The van der Waals surface area contributed by atoms with Crippen molar-refractivity contribution in [3.8, 4) is 5.75 Å². The van der Waals surface area contributed by atoms with Crippen molar-refractivity contribution in [3.63, 3.8) is 0 Å². The summed E-state index contributed by atoms with van der Waals surface area (Å²) in [6.45, 7) is 5.56. The van der Waals surface area contributed by atoms with Crippen LogP contribution in [-0.2, 0) is 4.84 Å². The number of anilines is 1. The highest BCUT2D eigenvalue weighted by Crippen LogP contribution is 2.35. The molecular formula is C19H20ClFN6O2. The smallest absolute Gasteiger partial charge is 0.182 e. The van der Waals surface area contributed by atoms with Crippen LogP contribution in [0.15, 0.2) is 35.6 Å². The molecule has 1 aliphatic heterocycles. The third-order valence-electron chi connectivity index (χ3n) is 4.47. The van der Waals surface area contributed by atoms with Gasteiger partial charge in [0.15, 0.2) is 17.2 Å². The number of nitrogens with zero attached hydrogens (tertiary/aromatic N) is 4. The number of aromatic nitrogens is 3. The average molecular weight is 419 g/mol. The zero-order valence-electron chi connectivity index (χ0n) is 16.3. The van der Waals surface area contributed by atoms with Crippen LogP contribution in [0.2, 0.25) is 5.02 Å². The summed E-state index contributed by atoms with van der Waals surface area (Å²) in [4.78, 5) is 14.6. The van der Waals surface area contributed by atoms with E-state index in [1.54, 1.807) is 23.0 Å². The first-order valence-electron chi connectivity index (χ1n) is 8.95. The molecule has 2 N–H and O–H groups in total. The standard InChI is InChI=1S/C19H20ClFN6O2/c1-10(12-7-11(21)8-14(20)16(12)28-4)23-15-5-6-27-18(24-15)13(9-22-27)17-25-19(2,3)29-26-17/h5-10H,1-4H3,(H,23,24)(H,25,26). The van der Waals surface area contributed by atoms with Crippen LogP contribution in [0.3, 0.4) is 0 Å². The summed E-state index contributed by atoms with van der Waals surface area (Å²) in [5.41, 5.74) is 4.04. The Morgan fingerprint density at radius 3 is 2.86 bits per heavy atom. The van der Waals surface area contributed by atoms with E-state index in [1.165, 1.54) is 19.2 Å². The maximum absolute atomic E-state index is 13.9. The summed E-state index contributed by atoms with van der Waals surface area (Å²) in [5.74, 6) is 1.12. The molecule has 3 aromatic rings. The van der Waals surface area contributed by atoms with Crippen LogP contribution >= 0.6 is 11.6 Å². The lowest BCUT2D eigenvalue weighted by atomic mass is 10.1. The van der Waals surface area contributed by atoms with Gasteiger partial charge in [-0.05, 0) is 39.0 Å². The van der Waals surface area contributed by atoms with Gasteiger partial charge in [-0.1, -0.05) is 11.6 Å². The highest BCUT2D eigenvalue weighted by Gasteiger charge is 2.28. The molecule has 0 saturated carbocycles. The Morgan fingerprint density at radius 1 is 1.38 bits per heavy atom. The number of halogens is 2. The molecule has 3 heterocycles. The Morgan fingerprint density at radius 2 is 2.17 bits per heavy atom. The van der Waals surface area contributed by atoms with E-state index < -0.39 is 11.5 Å². The van der Waals surface area contributed by atoms with Gasteiger partial charge in [0.25, 0.3) is 0 Å². The van der Waals surface area contributed by atoms with Gasteiger partial charge < -0.3 is 10.1 Å². The first kappa shape index (κ1) is 19.4. The highest BCUT2D eigenvalue weighted by molar-refractivity contribution is 6.32. The van der Waals surface area contributed by atoms with Gasteiger partial charge in [0.2, 0.25) is 0 Å². The fourth-order valence-electron chi connectivity index (χ4n) is 3.14. The number of amidine groups is 1. The molecular weight excluding hydrogens is 399 g/mol. The summed E-state index contributed by atoms with van der Waals surface area (Å²) in [6.07, 6.45) is 3.44. The molecule has 1 aromatic carbocycles. The van der Waals surface area contributed by atoms with Crippen LogP contribution in [0.25, 0.3) is 5.65 Å². The van der Waals surface area contributed by atoms with Crippen molar-refractivity contribution in [2.45, 2.75) is 32.5 Å². The Bertz CT molecular complexity index is 1110. The predicted octanol–water partition coefficient (Wildman–Crippen LogP) is 3.72. The fourth-order valence-corrected chi connectivity index (χ4v) is 3.43. The van der Waals surface area contributed by atoms with Gasteiger partial charge >= 0.3 is 0 Å². The second-order valence-electron chi connectivity index (χ2n) is 7.13. The molecule has 152 valence electrons. The molecule has 0 radical (unpaired) electrons. The number of ether oxygens (including phenoxy) is 1. The number of aliphatic imine (C=N–C) groups is 1. The van der Waals surface area contributed by atoms with Crippen LogP contribution < -0.4 is 15.5 Å². The Kier molecular flexibility index (Phi) is 4.79. The second-order valence-corrected chi connectivity index (χ2v) is 7.53. The van der Waals surface area contributed by atoms with Crippen LogP contribution in [0.1, 0.15) is 37.9 Å². The third kappa shape index (κ3) is 3.70. The van der Waals surface area contributed by atoms with Gasteiger partial charge in [-0.3, -0.25) is 0 Å². The molecule has 4 rings (SSSR count). The van der Waals surface area contributed by atoms with Crippen LogP contribution in [-0.4, -0.2) is 33.3 Å². The normalized spacial score (nSPS) is 16.4. The second kappa shape index (κ2) is 7.16. The molecule has 0 bridgehead atoms. The van der Waals surface area contributed by atoms with Gasteiger partial charge in [0.05, 0.1) is 29.9 Å². The van der Waals surface area contributed by atoms with Crippen molar-refractivity contribution in [2.24, 2.45) is 4.99 Å². The molecule has 1 aliphatic rings. The van der Waals surface area contributed by atoms with Gasteiger partial charge in [-0.25, -0.2) is 29.2 Å². The maximum Gasteiger partial charge on any atom is 0.182 e. The molecule has 0 saturated heterocycles. The molecule has 0 amide bonds. The van der Waals surface area contributed by atoms with E-state index in [1.807, 2.05) is 20.8 Å². The number of rotatable bonds is 5.